The van der Waals surface area contributed by atoms with Crippen molar-refractivity contribution < 1.29 is 4.79 Å². The van der Waals surface area contributed by atoms with Crippen LogP contribution in [-0.2, 0) is 17.8 Å². The first-order valence-electron chi connectivity index (χ1n) is 10.1. The molecule has 1 amide bonds. The molecule has 6 nitrogen and oxygen atoms in total. The minimum Gasteiger partial charge on any atom is -0.353 e. The minimum absolute atomic E-state index is 0.148. The second kappa shape index (κ2) is 8.97. The van der Waals surface area contributed by atoms with Gasteiger partial charge in [0.25, 0.3) is 0 Å². The molecular weight excluding hydrogens is 350 g/mol. The second-order valence-corrected chi connectivity index (χ2v) is 7.50. The molecule has 1 aliphatic heterocycles. The van der Waals surface area contributed by atoms with Crippen LogP contribution in [0.15, 0.2) is 54.7 Å². The highest BCUT2D eigenvalue weighted by atomic mass is 16.1. The lowest BCUT2D eigenvalue weighted by Gasteiger charge is -2.32. The van der Waals surface area contributed by atoms with Gasteiger partial charge >= 0.3 is 0 Å². The Bertz CT molecular complexity index is 899. The van der Waals surface area contributed by atoms with Gasteiger partial charge in [-0.3, -0.25) is 14.1 Å². The zero-order chi connectivity index (χ0) is 19.2. The molecule has 0 spiro atoms. The number of carbonyl (C=O) groups is 1. The number of likely N-dealkylation sites (tertiary alicyclic amines) is 1. The van der Waals surface area contributed by atoms with E-state index in [0.717, 1.165) is 56.8 Å². The quantitative estimate of drug-likeness (QED) is 0.688. The van der Waals surface area contributed by atoms with Gasteiger partial charge in [0, 0.05) is 44.7 Å². The van der Waals surface area contributed by atoms with Gasteiger partial charge < -0.3 is 5.32 Å². The molecule has 146 valence electrons. The van der Waals surface area contributed by atoms with Crippen molar-refractivity contribution in [3.63, 3.8) is 0 Å². The van der Waals surface area contributed by atoms with Crippen molar-refractivity contribution in [3.05, 3.63) is 66.1 Å². The highest BCUT2D eigenvalue weighted by Gasteiger charge is 2.20. The number of fused-ring (bicyclic) bond motifs is 1. The predicted molar refractivity (Wildman–Crippen MR) is 109 cm³/mol. The number of piperidine rings is 1. The van der Waals surface area contributed by atoms with Gasteiger partial charge in [0.05, 0.1) is 0 Å². The van der Waals surface area contributed by atoms with Gasteiger partial charge in [0.15, 0.2) is 5.65 Å². The fraction of sp³-hybridized carbons (Fsp3) is 0.409. The number of pyridine rings is 1. The van der Waals surface area contributed by atoms with Crippen molar-refractivity contribution in [2.45, 2.75) is 44.7 Å². The first-order chi connectivity index (χ1) is 13.8. The molecule has 0 aliphatic carbocycles. The molecular formula is C22H27N5O. The second-order valence-electron chi connectivity index (χ2n) is 7.50. The van der Waals surface area contributed by atoms with Crippen LogP contribution in [0.1, 0.15) is 37.1 Å². The van der Waals surface area contributed by atoms with E-state index in [2.05, 4.69) is 50.7 Å². The summed E-state index contributed by atoms with van der Waals surface area (Å²) >= 11 is 0. The molecule has 0 bridgehead atoms. The monoisotopic (exact) mass is 377 g/mol. The molecule has 0 radical (unpaired) electrons. The van der Waals surface area contributed by atoms with E-state index >= 15 is 0 Å². The van der Waals surface area contributed by atoms with E-state index in [4.69, 9.17) is 0 Å². The Morgan fingerprint density at radius 2 is 1.82 bits per heavy atom. The predicted octanol–water partition coefficient (Wildman–Crippen LogP) is 2.83. The Kier molecular flexibility index (Phi) is 5.97. The fourth-order valence-corrected chi connectivity index (χ4v) is 3.85. The maximum absolute atomic E-state index is 12.3. The lowest BCUT2D eigenvalue weighted by molar-refractivity contribution is -0.122. The van der Waals surface area contributed by atoms with Crippen molar-refractivity contribution in [1.82, 2.24) is 24.8 Å². The first-order valence-corrected chi connectivity index (χ1v) is 10.1. The van der Waals surface area contributed by atoms with Crippen LogP contribution in [0.3, 0.4) is 0 Å². The number of carbonyl (C=O) groups excluding carboxylic acids is 1. The summed E-state index contributed by atoms with van der Waals surface area (Å²) in [6.45, 7) is 3.06. The number of rotatable bonds is 7. The summed E-state index contributed by atoms with van der Waals surface area (Å²) in [7, 11) is 0. The van der Waals surface area contributed by atoms with Gasteiger partial charge in [-0.25, -0.2) is 0 Å². The van der Waals surface area contributed by atoms with Gasteiger partial charge in [0.1, 0.15) is 5.82 Å². The smallest absolute Gasteiger partial charge is 0.220 e. The average molecular weight is 377 g/mol. The molecule has 1 N–H and O–H groups in total. The molecule has 1 saturated heterocycles. The number of hydrogen-bond acceptors (Lipinski definition) is 4. The van der Waals surface area contributed by atoms with Gasteiger partial charge in [-0.2, -0.15) is 0 Å². The van der Waals surface area contributed by atoms with Gasteiger partial charge in [-0.05, 0) is 37.0 Å². The van der Waals surface area contributed by atoms with Crippen LogP contribution in [0, 0.1) is 0 Å². The normalized spacial score (nSPS) is 15.7. The topological polar surface area (TPSA) is 62.5 Å². The molecule has 6 heteroatoms. The number of aryl methyl sites for hydroxylation is 1. The van der Waals surface area contributed by atoms with Crippen LogP contribution < -0.4 is 5.32 Å². The van der Waals surface area contributed by atoms with Crippen molar-refractivity contribution in [3.8, 4) is 0 Å². The van der Waals surface area contributed by atoms with Crippen LogP contribution in [0.5, 0.6) is 0 Å². The third-order valence-corrected chi connectivity index (χ3v) is 5.39. The lowest BCUT2D eigenvalue weighted by atomic mass is 10.0. The van der Waals surface area contributed by atoms with Crippen LogP contribution >= 0.6 is 0 Å². The number of nitrogens with zero attached hydrogens (tertiary/aromatic N) is 4. The van der Waals surface area contributed by atoms with Gasteiger partial charge in [-0.15, -0.1) is 10.2 Å². The Morgan fingerprint density at radius 1 is 1.04 bits per heavy atom. The summed E-state index contributed by atoms with van der Waals surface area (Å²) in [4.78, 5) is 14.8. The zero-order valence-corrected chi connectivity index (χ0v) is 16.1. The third kappa shape index (κ3) is 4.75. The number of amides is 1. The Balaban J connectivity index is 1.17. The zero-order valence-electron chi connectivity index (χ0n) is 16.1. The minimum atomic E-state index is 0.148. The highest BCUT2D eigenvalue weighted by molar-refractivity contribution is 5.76. The standard InChI is InChI=1S/C22H27N5O/c28-22(11-6-10-21-25-24-20-9-4-5-14-27(20)21)23-19-12-15-26(16-13-19)17-18-7-2-1-3-8-18/h1-5,7-9,14,19H,6,10-13,15-17H2,(H,23,28). The average Bonchev–Trinajstić information content (AvgIpc) is 3.14. The van der Waals surface area contributed by atoms with E-state index in [1.165, 1.54) is 5.56 Å². The molecule has 3 heterocycles. The maximum atomic E-state index is 12.3. The molecule has 1 aliphatic rings. The molecule has 0 unspecified atom stereocenters. The number of aromatic nitrogens is 3. The fourth-order valence-electron chi connectivity index (χ4n) is 3.85. The molecule has 0 atom stereocenters. The lowest BCUT2D eigenvalue weighted by Crippen LogP contribution is -2.44. The summed E-state index contributed by atoms with van der Waals surface area (Å²) in [6.07, 6.45) is 6.09. The van der Waals surface area contributed by atoms with Gasteiger partial charge in [0.2, 0.25) is 5.91 Å². The van der Waals surface area contributed by atoms with Crippen LogP contribution in [0.2, 0.25) is 0 Å². The van der Waals surface area contributed by atoms with Crippen molar-refractivity contribution in [2.75, 3.05) is 13.1 Å². The number of nitrogens with one attached hydrogen (secondary N) is 1. The SMILES string of the molecule is O=C(CCCc1nnc2ccccn12)NC1CCN(Cc2ccccc2)CC1. The molecule has 3 aromatic rings. The van der Waals surface area contributed by atoms with Crippen LogP contribution in [-0.4, -0.2) is 44.5 Å². The summed E-state index contributed by atoms with van der Waals surface area (Å²) < 4.78 is 1.99. The van der Waals surface area contributed by atoms with E-state index in [0.29, 0.717) is 12.5 Å². The summed E-state index contributed by atoms with van der Waals surface area (Å²) in [5.74, 6) is 1.06. The third-order valence-electron chi connectivity index (χ3n) is 5.39. The number of hydrogen-bond donors (Lipinski definition) is 1. The van der Waals surface area contributed by atoms with Gasteiger partial charge in [-0.1, -0.05) is 36.4 Å². The molecule has 2 aromatic heterocycles. The molecule has 1 aromatic carbocycles. The Labute approximate surface area is 165 Å². The van der Waals surface area contributed by atoms with E-state index in [1.54, 1.807) is 0 Å². The summed E-state index contributed by atoms with van der Waals surface area (Å²) in [5.41, 5.74) is 2.20. The van der Waals surface area contributed by atoms with E-state index in [1.807, 2.05) is 28.8 Å². The largest absolute Gasteiger partial charge is 0.353 e. The van der Waals surface area contributed by atoms with E-state index < -0.39 is 0 Å². The molecule has 1 fully saturated rings. The molecule has 28 heavy (non-hydrogen) atoms. The first kappa shape index (κ1) is 18.6. The van der Waals surface area contributed by atoms with Crippen molar-refractivity contribution in [2.24, 2.45) is 0 Å². The van der Waals surface area contributed by atoms with Crippen molar-refractivity contribution >= 4 is 11.6 Å². The Hall–Kier alpha value is -2.73. The van der Waals surface area contributed by atoms with Crippen molar-refractivity contribution in [1.29, 1.82) is 0 Å². The Morgan fingerprint density at radius 3 is 2.64 bits per heavy atom. The molecule has 4 rings (SSSR count). The van der Waals surface area contributed by atoms with E-state index in [-0.39, 0.29) is 5.91 Å². The van der Waals surface area contributed by atoms with E-state index in [9.17, 15) is 4.79 Å². The summed E-state index contributed by atoms with van der Waals surface area (Å²) in [6, 6.07) is 16.7. The van der Waals surface area contributed by atoms with Crippen LogP contribution in [0.4, 0.5) is 0 Å². The molecule has 0 saturated carbocycles. The highest BCUT2D eigenvalue weighted by Crippen LogP contribution is 2.14. The number of benzene rings is 1. The maximum Gasteiger partial charge on any atom is 0.220 e. The van der Waals surface area contributed by atoms with Crippen LogP contribution in [0.25, 0.3) is 5.65 Å². The summed E-state index contributed by atoms with van der Waals surface area (Å²) in [5, 5.41) is 11.6.